The van der Waals surface area contributed by atoms with Gasteiger partial charge in [0.1, 0.15) is 0 Å². The molecule has 1 amide bonds. The molecule has 1 saturated heterocycles. The van der Waals surface area contributed by atoms with Gasteiger partial charge >= 0.3 is 0 Å². The van der Waals surface area contributed by atoms with Crippen LogP contribution in [-0.2, 0) is 9.53 Å². The van der Waals surface area contributed by atoms with Crippen molar-refractivity contribution in [2.75, 3.05) is 33.4 Å². The van der Waals surface area contributed by atoms with Crippen molar-refractivity contribution in [3.63, 3.8) is 0 Å². The second-order valence-corrected chi connectivity index (χ2v) is 4.82. The number of nitrogens with one attached hydrogen (secondary N) is 2. The highest BCUT2D eigenvalue weighted by Crippen LogP contribution is 2.15. The molecule has 1 aliphatic rings. The average molecular weight is 214 g/mol. The maximum atomic E-state index is 11.5. The smallest absolute Gasteiger partial charge is 0.226 e. The Balaban J connectivity index is 2.20. The highest BCUT2D eigenvalue weighted by Gasteiger charge is 2.26. The van der Waals surface area contributed by atoms with Gasteiger partial charge in [0.25, 0.3) is 0 Å². The summed E-state index contributed by atoms with van der Waals surface area (Å²) in [6.45, 7) is 7.29. The predicted molar refractivity (Wildman–Crippen MR) is 59.6 cm³/mol. The van der Waals surface area contributed by atoms with Crippen molar-refractivity contribution < 1.29 is 9.53 Å². The molecule has 1 aliphatic heterocycles. The van der Waals surface area contributed by atoms with Crippen molar-refractivity contribution in [3.05, 3.63) is 0 Å². The zero-order chi connectivity index (χ0) is 11.3. The van der Waals surface area contributed by atoms with Gasteiger partial charge in [0.15, 0.2) is 0 Å². The number of carbonyl (C=O) groups is 1. The molecule has 0 bridgehead atoms. The van der Waals surface area contributed by atoms with Crippen LogP contribution >= 0.6 is 0 Å². The second-order valence-electron chi connectivity index (χ2n) is 4.82. The number of hydrogen-bond donors (Lipinski definition) is 2. The molecule has 0 aromatic carbocycles. The van der Waals surface area contributed by atoms with E-state index in [1.807, 2.05) is 13.8 Å². The second kappa shape index (κ2) is 5.47. The van der Waals surface area contributed by atoms with Crippen molar-refractivity contribution in [1.29, 1.82) is 0 Å². The zero-order valence-electron chi connectivity index (χ0n) is 9.93. The van der Waals surface area contributed by atoms with Crippen LogP contribution in [0.2, 0.25) is 0 Å². The van der Waals surface area contributed by atoms with Gasteiger partial charge in [0, 0.05) is 26.7 Å². The quantitative estimate of drug-likeness (QED) is 0.696. The predicted octanol–water partition coefficient (Wildman–Crippen LogP) is 0.385. The average Bonchev–Trinajstić information content (AvgIpc) is 2.69. The van der Waals surface area contributed by atoms with Gasteiger partial charge in [-0.3, -0.25) is 4.79 Å². The number of carbonyl (C=O) groups excluding carboxylic acids is 1. The topological polar surface area (TPSA) is 50.4 Å². The summed E-state index contributed by atoms with van der Waals surface area (Å²) >= 11 is 0. The lowest BCUT2D eigenvalue weighted by molar-refractivity contribution is -0.128. The molecule has 4 heteroatoms. The molecule has 0 aromatic heterocycles. The Morgan fingerprint density at radius 3 is 2.80 bits per heavy atom. The van der Waals surface area contributed by atoms with Gasteiger partial charge < -0.3 is 15.4 Å². The van der Waals surface area contributed by atoms with E-state index in [1.165, 1.54) is 0 Å². The third-order valence-corrected chi connectivity index (χ3v) is 2.87. The summed E-state index contributed by atoms with van der Waals surface area (Å²) in [6, 6.07) is 0. The van der Waals surface area contributed by atoms with Crippen molar-refractivity contribution in [3.8, 4) is 0 Å². The van der Waals surface area contributed by atoms with E-state index >= 15 is 0 Å². The van der Waals surface area contributed by atoms with Gasteiger partial charge in [0.05, 0.1) is 12.0 Å². The molecule has 0 aliphatic carbocycles. The normalized spacial score (nSPS) is 21.7. The van der Waals surface area contributed by atoms with Crippen molar-refractivity contribution in [2.45, 2.75) is 20.3 Å². The Kier molecular flexibility index (Phi) is 4.54. The Bertz CT molecular complexity index is 211. The van der Waals surface area contributed by atoms with Gasteiger partial charge in [0.2, 0.25) is 5.91 Å². The summed E-state index contributed by atoms with van der Waals surface area (Å²) in [4.78, 5) is 11.5. The summed E-state index contributed by atoms with van der Waals surface area (Å²) in [7, 11) is 1.68. The highest BCUT2D eigenvalue weighted by molar-refractivity contribution is 5.81. The van der Waals surface area contributed by atoms with Crippen molar-refractivity contribution in [2.24, 2.45) is 11.3 Å². The van der Waals surface area contributed by atoms with E-state index in [-0.39, 0.29) is 11.3 Å². The Morgan fingerprint density at radius 2 is 2.27 bits per heavy atom. The van der Waals surface area contributed by atoms with Crippen LogP contribution < -0.4 is 10.6 Å². The SMILES string of the molecule is CNC(=O)C(C)(C)CNCC1CCOC1. The first-order chi connectivity index (χ1) is 7.06. The maximum Gasteiger partial charge on any atom is 0.226 e. The van der Waals surface area contributed by atoms with Crippen LogP contribution in [0.5, 0.6) is 0 Å². The number of amides is 1. The van der Waals surface area contributed by atoms with E-state index in [2.05, 4.69) is 10.6 Å². The molecule has 0 spiro atoms. The van der Waals surface area contributed by atoms with Crippen molar-refractivity contribution >= 4 is 5.91 Å². The molecule has 4 nitrogen and oxygen atoms in total. The molecular weight excluding hydrogens is 192 g/mol. The van der Waals surface area contributed by atoms with E-state index in [1.54, 1.807) is 7.05 Å². The van der Waals surface area contributed by atoms with Crippen LogP contribution in [0.1, 0.15) is 20.3 Å². The third kappa shape index (κ3) is 3.80. The lowest BCUT2D eigenvalue weighted by Gasteiger charge is -2.23. The van der Waals surface area contributed by atoms with E-state index < -0.39 is 0 Å². The summed E-state index contributed by atoms with van der Waals surface area (Å²) in [5.74, 6) is 0.697. The first kappa shape index (κ1) is 12.5. The summed E-state index contributed by atoms with van der Waals surface area (Å²) in [5.41, 5.74) is -0.339. The standard InChI is InChI=1S/C11H22N2O2/c1-11(2,10(14)12-3)8-13-6-9-4-5-15-7-9/h9,13H,4-8H2,1-3H3,(H,12,14). The van der Waals surface area contributed by atoms with E-state index in [0.29, 0.717) is 12.5 Å². The maximum absolute atomic E-state index is 11.5. The molecule has 1 heterocycles. The van der Waals surface area contributed by atoms with Crippen LogP contribution in [0.3, 0.4) is 0 Å². The molecular formula is C11H22N2O2. The van der Waals surface area contributed by atoms with Crippen LogP contribution in [0.4, 0.5) is 0 Å². The van der Waals surface area contributed by atoms with E-state index in [9.17, 15) is 4.79 Å². The fourth-order valence-corrected chi connectivity index (χ4v) is 1.75. The van der Waals surface area contributed by atoms with Gasteiger partial charge in [-0.2, -0.15) is 0 Å². The number of ether oxygens (including phenoxy) is 1. The Morgan fingerprint density at radius 1 is 1.53 bits per heavy atom. The lowest BCUT2D eigenvalue weighted by atomic mass is 9.92. The largest absolute Gasteiger partial charge is 0.381 e. The molecule has 0 radical (unpaired) electrons. The van der Waals surface area contributed by atoms with E-state index in [0.717, 1.165) is 26.2 Å². The minimum absolute atomic E-state index is 0.0812. The molecule has 1 atom stereocenters. The van der Waals surface area contributed by atoms with E-state index in [4.69, 9.17) is 4.74 Å². The number of rotatable bonds is 5. The molecule has 1 unspecified atom stereocenters. The van der Waals surface area contributed by atoms with Gasteiger partial charge in [-0.05, 0) is 26.2 Å². The minimum Gasteiger partial charge on any atom is -0.381 e. The highest BCUT2D eigenvalue weighted by atomic mass is 16.5. The molecule has 0 aromatic rings. The van der Waals surface area contributed by atoms with Crippen molar-refractivity contribution in [1.82, 2.24) is 10.6 Å². The van der Waals surface area contributed by atoms with Crippen LogP contribution in [0.15, 0.2) is 0 Å². The summed E-state index contributed by atoms with van der Waals surface area (Å²) in [5, 5.41) is 6.02. The Hall–Kier alpha value is -0.610. The van der Waals surface area contributed by atoms with Gasteiger partial charge in [-0.25, -0.2) is 0 Å². The Labute approximate surface area is 91.8 Å². The molecule has 15 heavy (non-hydrogen) atoms. The molecule has 1 fully saturated rings. The summed E-state index contributed by atoms with van der Waals surface area (Å²) < 4.78 is 5.29. The monoisotopic (exact) mass is 214 g/mol. The zero-order valence-corrected chi connectivity index (χ0v) is 9.93. The minimum atomic E-state index is -0.339. The fraction of sp³-hybridized carbons (Fsp3) is 0.909. The van der Waals surface area contributed by atoms with Crippen LogP contribution in [0, 0.1) is 11.3 Å². The van der Waals surface area contributed by atoms with Crippen LogP contribution in [0.25, 0.3) is 0 Å². The molecule has 0 saturated carbocycles. The molecule has 1 rings (SSSR count). The number of hydrogen-bond acceptors (Lipinski definition) is 3. The fourth-order valence-electron chi connectivity index (χ4n) is 1.75. The first-order valence-corrected chi connectivity index (χ1v) is 5.57. The third-order valence-electron chi connectivity index (χ3n) is 2.87. The lowest BCUT2D eigenvalue weighted by Crippen LogP contribution is -2.43. The van der Waals surface area contributed by atoms with Crippen LogP contribution in [-0.4, -0.2) is 39.3 Å². The molecule has 88 valence electrons. The van der Waals surface area contributed by atoms with Gasteiger partial charge in [-0.15, -0.1) is 0 Å². The van der Waals surface area contributed by atoms with Gasteiger partial charge in [-0.1, -0.05) is 0 Å². The molecule has 2 N–H and O–H groups in total. The summed E-state index contributed by atoms with van der Waals surface area (Å²) in [6.07, 6.45) is 1.13. The first-order valence-electron chi connectivity index (χ1n) is 5.57.